The van der Waals surface area contributed by atoms with Crippen molar-refractivity contribution >= 4 is 23.5 Å². The molecular formula is C41H44F3N7O4. The number of aromatic nitrogens is 2. The monoisotopic (exact) mass is 755 g/mol. The van der Waals surface area contributed by atoms with Crippen LogP contribution in [0.2, 0.25) is 0 Å². The number of likely N-dealkylation sites (N-methyl/N-ethyl adjacent to an activating group) is 2. The normalized spacial score (nSPS) is 19.4. The van der Waals surface area contributed by atoms with Crippen LogP contribution in [0.1, 0.15) is 45.5 Å². The molecule has 3 aromatic carbocycles. The Bertz CT molecular complexity index is 2060. The molecule has 2 fully saturated rings. The fourth-order valence-corrected chi connectivity index (χ4v) is 7.64. The maximum absolute atomic E-state index is 14.5. The molecule has 3 amide bonds. The Kier molecular flexibility index (Phi) is 10.9. The van der Waals surface area contributed by atoms with E-state index in [0.717, 1.165) is 62.8 Å². The minimum atomic E-state index is -4.65. The summed E-state index contributed by atoms with van der Waals surface area (Å²) in [6, 6.07) is 20.2. The van der Waals surface area contributed by atoms with Gasteiger partial charge in [0.25, 0.3) is 17.7 Å². The van der Waals surface area contributed by atoms with Crippen molar-refractivity contribution in [1.29, 1.82) is 0 Å². The highest BCUT2D eigenvalue weighted by molar-refractivity contribution is 6.05. The number of para-hydroxylation sites is 1. The molecule has 3 aliphatic heterocycles. The number of benzene rings is 3. The minimum absolute atomic E-state index is 0.177. The van der Waals surface area contributed by atoms with E-state index in [2.05, 4.69) is 26.8 Å². The number of anilines is 1. The summed E-state index contributed by atoms with van der Waals surface area (Å²) in [6.07, 6.45) is -2.99. The number of rotatable bonds is 11. The van der Waals surface area contributed by atoms with E-state index in [1.165, 1.54) is 17.0 Å². The van der Waals surface area contributed by atoms with Crippen molar-refractivity contribution < 1.29 is 32.3 Å². The predicted octanol–water partition coefficient (Wildman–Crippen LogP) is 4.72. The third-order valence-corrected chi connectivity index (χ3v) is 10.6. The van der Waals surface area contributed by atoms with Crippen molar-refractivity contribution in [1.82, 2.24) is 29.8 Å². The molecule has 2 atom stereocenters. The molecule has 0 saturated carbocycles. The summed E-state index contributed by atoms with van der Waals surface area (Å²) in [7, 11) is 1.72. The van der Waals surface area contributed by atoms with Crippen LogP contribution in [0.5, 0.6) is 0 Å². The van der Waals surface area contributed by atoms with Gasteiger partial charge in [-0.25, -0.2) is 4.68 Å². The van der Waals surface area contributed by atoms with Crippen LogP contribution in [-0.4, -0.2) is 114 Å². The first-order chi connectivity index (χ1) is 26.4. The van der Waals surface area contributed by atoms with Crippen molar-refractivity contribution in [2.75, 3.05) is 64.4 Å². The summed E-state index contributed by atoms with van der Waals surface area (Å²) in [5.41, 5.74) is 2.13. The van der Waals surface area contributed by atoms with E-state index in [0.29, 0.717) is 35.1 Å². The number of nitrogens with zero attached hydrogens (tertiary/aromatic N) is 6. The van der Waals surface area contributed by atoms with Crippen molar-refractivity contribution in [2.24, 2.45) is 0 Å². The van der Waals surface area contributed by atoms with Gasteiger partial charge in [0, 0.05) is 75.5 Å². The van der Waals surface area contributed by atoms with Crippen LogP contribution < -0.4 is 10.2 Å². The van der Waals surface area contributed by atoms with Crippen molar-refractivity contribution in [3.05, 3.63) is 125 Å². The number of alkyl halides is 3. The number of carbonyl (C=O) groups excluding carboxylic acids is 3. The zero-order valence-corrected chi connectivity index (χ0v) is 30.8. The quantitative estimate of drug-likeness (QED) is 0.221. The van der Waals surface area contributed by atoms with Crippen LogP contribution in [0.4, 0.5) is 19.0 Å². The number of piperazine rings is 1. The Morgan fingerprint density at radius 1 is 0.982 bits per heavy atom. The molecule has 4 aromatic rings. The van der Waals surface area contributed by atoms with Gasteiger partial charge < -0.3 is 15.0 Å². The first-order valence-electron chi connectivity index (χ1n) is 18.4. The van der Waals surface area contributed by atoms with Gasteiger partial charge in [0.05, 0.1) is 36.7 Å². The summed E-state index contributed by atoms with van der Waals surface area (Å²) < 4.78 is 47.8. The fourth-order valence-electron chi connectivity index (χ4n) is 7.64. The lowest BCUT2D eigenvalue weighted by Gasteiger charge is -2.42. The summed E-state index contributed by atoms with van der Waals surface area (Å²) in [6.45, 7) is 12.0. The minimum Gasteiger partial charge on any atom is -0.378 e. The van der Waals surface area contributed by atoms with Gasteiger partial charge >= 0.3 is 6.18 Å². The third kappa shape index (κ3) is 7.93. The molecule has 2 saturated heterocycles. The van der Waals surface area contributed by atoms with E-state index in [-0.39, 0.29) is 24.6 Å². The molecule has 1 N–H and O–H groups in total. The highest BCUT2D eigenvalue weighted by atomic mass is 19.4. The van der Waals surface area contributed by atoms with Crippen molar-refractivity contribution in [3.63, 3.8) is 0 Å². The SMILES string of the molecule is C=C(CN1CCN(C2COC2)CC1)C(=O)N(C)Cc1cccc([C@@H]2c3cnn(-c4ccccc4)c3N(CC)C(=O)[C@H]2NC(=O)c2cccc(C(F)(F)F)c2)c1. The molecule has 3 aliphatic rings. The zero-order valence-electron chi connectivity index (χ0n) is 30.8. The molecule has 1 aromatic heterocycles. The maximum Gasteiger partial charge on any atom is 0.416 e. The molecule has 11 nitrogen and oxygen atoms in total. The predicted molar refractivity (Wildman–Crippen MR) is 201 cm³/mol. The van der Waals surface area contributed by atoms with Gasteiger partial charge in [0.2, 0.25) is 0 Å². The van der Waals surface area contributed by atoms with E-state index < -0.39 is 35.5 Å². The Morgan fingerprint density at radius 2 is 1.71 bits per heavy atom. The van der Waals surface area contributed by atoms with Crippen LogP contribution in [-0.2, 0) is 27.0 Å². The topological polar surface area (TPSA) is 103 Å². The summed E-state index contributed by atoms with van der Waals surface area (Å²) in [4.78, 5) is 49.5. The highest BCUT2D eigenvalue weighted by Crippen LogP contribution is 2.42. The number of halogens is 3. The van der Waals surface area contributed by atoms with Gasteiger partial charge in [-0.3, -0.25) is 29.1 Å². The van der Waals surface area contributed by atoms with Gasteiger partial charge in [-0.1, -0.05) is 55.1 Å². The average molecular weight is 756 g/mol. The van der Waals surface area contributed by atoms with E-state index >= 15 is 0 Å². The second-order valence-electron chi connectivity index (χ2n) is 14.3. The second kappa shape index (κ2) is 15.8. The van der Waals surface area contributed by atoms with Gasteiger partial charge in [0.1, 0.15) is 11.9 Å². The molecule has 0 bridgehead atoms. The van der Waals surface area contributed by atoms with Crippen LogP contribution >= 0.6 is 0 Å². The number of amides is 3. The molecule has 4 heterocycles. The van der Waals surface area contributed by atoms with Crippen molar-refractivity contribution in [3.8, 4) is 5.69 Å². The molecule has 288 valence electrons. The number of carbonyl (C=O) groups is 3. The third-order valence-electron chi connectivity index (χ3n) is 10.6. The van der Waals surface area contributed by atoms with Crippen LogP contribution in [0.3, 0.4) is 0 Å². The Morgan fingerprint density at radius 3 is 2.38 bits per heavy atom. The van der Waals surface area contributed by atoms with Crippen molar-refractivity contribution in [2.45, 2.75) is 37.6 Å². The lowest BCUT2D eigenvalue weighted by atomic mass is 9.81. The largest absolute Gasteiger partial charge is 0.416 e. The molecule has 7 rings (SSSR count). The van der Waals surface area contributed by atoms with Gasteiger partial charge in [-0.05, 0) is 48.4 Å². The first kappa shape index (κ1) is 38.0. The lowest BCUT2D eigenvalue weighted by molar-refractivity contribution is -0.137. The molecule has 0 radical (unpaired) electrons. The Balaban J connectivity index is 1.15. The molecule has 55 heavy (non-hydrogen) atoms. The molecule has 14 heteroatoms. The zero-order chi connectivity index (χ0) is 38.9. The van der Waals surface area contributed by atoms with Gasteiger partial charge in [-0.15, -0.1) is 0 Å². The molecular weight excluding hydrogens is 711 g/mol. The van der Waals surface area contributed by atoms with Crippen LogP contribution in [0.25, 0.3) is 5.69 Å². The summed E-state index contributed by atoms with van der Waals surface area (Å²) >= 11 is 0. The van der Waals surface area contributed by atoms with Gasteiger partial charge in [0.15, 0.2) is 0 Å². The average Bonchev–Trinajstić information content (AvgIpc) is 3.59. The number of ether oxygens (including phenoxy) is 1. The van der Waals surface area contributed by atoms with Crippen LogP contribution in [0, 0.1) is 0 Å². The highest BCUT2D eigenvalue weighted by Gasteiger charge is 2.44. The number of nitrogens with one attached hydrogen (secondary N) is 1. The number of hydrogen-bond donors (Lipinski definition) is 1. The summed E-state index contributed by atoms with van der Waals surface area (Å²) in [5.74, 6) is -1.66. The maximum atomic E-state index is 14.5. The van der Waals surface area contributed by atoms with E-state index in [4.69, 9.17) is 4.74 Å². The standard InChI is InChI=1S/C41H44F3N7O4/c1-4-50-38-34(22-45-51(38)32-14-6-5-7-15-32)35(36(40(50)54)46-37(52)30-12-9-13-31(21-30)41(42,43)44)29-11-8-10-28(20-29)24-47(3)39(53)27(2)23-48-16-18-49(19-17-48)33-25-55-26-33/h5-15,20-22,33,35-36H,2,4,16-19,23-26H2,1,3H3,(H,46,52)/t35-,36+/m1/s1. The lowest BCUT2D eigenvalue weighted by Crippen LogP contribution is -2.56. The number of fused-ring (bicyclic) bond motifs is 1. The van der Waals surface area contributed by atoms with E-state index in [1.54, 1.807) is 22.8 Å². The number of hydrogen-bond acceptors (Lipinski definition) is 7. The smallest absolute Gasteiger partial charge is 0.378 e. The van der Waals surface area contributed by atoms with E-state index in [1.807, 2.05) is 61.5 Å². The molecule has 0 spiro atoms. The van der Waals surface area contributed by atoms with E-state index in [9.17, 15) is 27.6 Å². The Hall–Kier alpha value is -5.31. The second-order valence-corrected chi connectivity index (χ2v) is 14.3. The Labute approximate surface area is 317 Å². The fraction of sp³-hybridized carbons (Fsp3) is 0.366. The van der Waals surface area contributed by atoms with Crippen LogP contribution in [0.15, 0.2) is 97.2 Å². The molecule has 0 aliphatic carbocycles. The molecule has 0 unspecified atom stereocenters. The summed E-state index contributed by atoms with van der Waals surface area (Å²) in [5, 5.41) is 7.47. The van der Waals surface area contributed by atoms with Gasteiger partial charge in [-0.2, -0.15) is 18.3 Å². The first-order valence-corrected chi connectivity index (χ1v) is 18.4.